The van der Waals surface area contributed by atoms with E-state index in [-0.39, 0.29) is 6.04 Å². The summed E-state index contributed by atoms with van der Waals surface area (Å²) in [6, 6.07) is 17.8. The highest BCUT2D eigenvalue weighted by Crippen LogP contribution is 2.32. The molecule has 166 valence electrons. The molecule has 0 heterocycles. The average Bonchev–Trinajstić information content (AvgIpc) is 2.75. The molecule has 1 atom stereocenters. The van der Waals surface area contributed by atoms with Crippen LogP contribution in [0.5, 0.6) is 0 Å². The summed E-state index contributed by atoms with van der Waals surface area (Å²) in [6.45, 7) is 4.22. The summed E-state index contributed by atoms with van der Waals surface area (Å²) in [5.41, 5.74) is 2.66. The normalized spacial score (nSPS) is 20.2. The number of hydrogen-bond donors (Lipinski definition) is 2. The van der Waals surface area contributed by atoms with E-state index in [0.29, 0.717) is 10.9 Å². The van der Waals surface area contributed by atoms with Crippen LogP contribution in [0.2, 0.25) is 5.02 Å². The quantitative estimate of drug-likeness (QED) is 0.561. The van der Waals surface area contributed by atoms with Crippen molar-refractivity contribution in [3.8, 4) is 6.07 Å². The van der Waals surface area contributed by atoms with Crippen LogP contribution in [0.1, 0.15) is 56.6 Å². The van der Waals surface area contributed by atoms with Gasteiger partial charge in [0.25, 0.3) is 0 Å². The first-order valence-electron chi connectivity index (χ1n) is 10.8. The van der Waals surface area contributed by atoms with Gasteiger partial charge in [0, 0.05) is 23.3 Å². The molecular formula is C24H30ClN3O2S. The highest BCUT2D eigenvalue weighted by Gasteiger charge is 2.26. The summed E-state index contributed by atoms with van der Waals surface area (Å²) < 4.78 is 26.9. The molecule has 5 nitrogen and oxygen atoms in total. The minimum atomic E-state index is -3.21. The molecule has 2 aromatic rings. The number of rotatable bonds is 8. The number of sulfonamides is 1. The van der Waals surface area contributed by atoms with Crippen molar-refractivity contribution in [2.75, 3.05) is 11.9 Å². The second kappa shape index (κ2) is 10.5. The Morgan fingerprint density at radius 1 is 1.10 bits per heavy atom. The molecule has 1 aliphatic rings. The topological polar surface area (TPSA) is 82.0 Å². The second-order valence-corrected chi connectivity index (χ2v) is 11.2. The van der Waals surface area contributed by atoms with Gasteiger partial charge in [0.2, 0.25) is 10.0 Å². The predicted octanol–water partition coefficient (Wildman–Crippen LogP) is 5.29. The van der Waals surface area contributed by atoms with Gasteiger partial charge in [-0.3, -0.25) is 0 Å². The lowest BCUT2D eigenvalue weighted by Gasteiger charge is -2.29. The minimum absolute atomic E-state index is 0.0401. The van der Waals surface area contributed by atoms with Gasteiger partial charge in [-0.05, 0) is 68.7 Å². The van der Waals surface area contributed by atoms with Gasteiger partial charge in [0.1, 0.15) is 0 Å². The number of halogens is 1. The Balaban J connectivity index is 1.54. The Morgan fingerprint density at radius 2 is 1.77 bits per heavy atom. The first-order chi connectivity index (χ1) is 14.8. The fourth-order valence-electron chi connectivity index (χ4n) is 3.96. The summed E-state index contributed by atoms with van der Waals surface area (Å²) in [4.78, 5) is 0. The Morgan fingerprint density at radius 3 is 2.35 bits per heavy atom. The number of hydrogen-bond acceptors (Lipinski definition) is 4. The van der Waals surface area contributed by atoms with Crippen molar-refractivity contribution in [3.05, 3.63) is 64.7 Å². The van der Waals surface area contributed by atoms with Gasteiger partial charge < -0.3 is 5.32 Å². The molecule has 1 unspecified atom stereocenters. The molecule has 7 heteroatoms. The lowest BCUT2D eigenvalue weighted by molar-refractivity contribution is 0.323. The van der Waals surface area contributed by atoms with Crippen molar-refractivity contribution in [2.24, 2.45) is 5.92 Å². The van der Waals surface area contributed by atoms with Gasteiger partial charge in [-0.1, -0.05) is 48.0 Å². The lowest BCUT2D eigenvalue weighted by atomic mass is 9.86. The molecule has 3 rings (SSSR count). The van der Waals surface area contributed by atoms with E-state index in [2.05, 4.69) is 16.1 Å². The summed E-state index contributed by atoms with van der Waals surface area (Å²) in [6.07, 6.45) is 3.68. The van der Waals surface area contributed by atoms with Gasteiger partial charge in [0.05, 0.1) is 17.2 Å². The van der Waals surface area contributed by atoms with Gasteiger partial charge in [-0.25, -0.2) is 13.1 Å². The molecule has 0 bridgehead atoms. The highest BCUT2D eigenvalue weighted by molar-refractivity contribution is 7.90. The monoisotopic (exact) mass is 459 g/mol. The third-order valence-corrected chi connectivity index (χ3v) is 8.20. The maximum atomic E-state index is 12.1. The zero-order valence-corrected chi connectivity index (χ0v) is 19.6. The van der Waals surface area contributed by atoms with Crippen LogP contribution in [0.4, 0.5) is 5.69 Å². The van der Waals surface area contributed by atoms with Gasteiger partial charge >= 0.3 is 0 Å². The van der Waals surface area contributed by atoms with Crippen molar-refractivity contribution in [3.63, 3.8) is 0 Å². The maximum absolute atomic E-state index is 12.1. The van der Waals surface area contributed by atoms with E-state index in [4.69, 9.17) is 11.6 Å². The molecule has 1 saturated carbocycles. The molecule has 0 aliphatic heterocycles. The van der Waals surface area contributed by atoms with Crippen LogP contribution in [0.25, 0.3) is 0 Å². The third kappa shape index (κ3) is 6.22. The average molecular weight is 460 g/mol. The first-order valence-corrected chi connectivity index (χ1v) is 12.7. The zero-order valence-electron chi connectivity index (χ0n) is 18.0. The fraction of sp³-hybridized carbons (Fsp3) is 0.458. The van der Waals surface area contributed by atoms with Crippen molar-refractivity contribution in [2.45, 2.75) is 56.7 Å². The van der Waals surface area contributed by atoms with Gasteiger partial charge in [-0.15, -0.1) is 0 Å². The summed E-state index contributed by atoms with van der Waals surface area (Å²) in [5, 5.41) is 13.3. The number of anilines is 1. The largest absolute Gasteiger partial charge is 0.385 e. The molecule has 1 aliphatic carbocycles. The Bertz CT molecular complexity index is 1010. The molecular weight excluding hydrogens is 430 g/mol. The Hall–Kier alpha value is -2.07. The lowest BCUT2D eigenvalue weighted by Crippen LogP contribution is -2.41. The van der Waals surface area contributed by atoms with Crippen molar-refractivity contribution in [1.82, 2.24) is 4.72 Å². The van der Waals surface area contributed by atoms with Crippen molar-refractivity contribution in [1.29, 1.82) is 5.26 Å². The van der Waals surface area contributed by atoms with Gasteiger partial charge in [-0.2, -0.15) is 5.26 Å². The SMILES string of the molecule is CC(C)S(=O)(=O)NC1CCC(CNc2ccc(C(C#N)c3ccccc3)c(Cl)c2)CC1. The summed E-state index contributed by atoms with van der Waals surface area (Å²) >= 11 is 6.52. The zero-order chi connectivity index (χ0) is 22.4. The van der Waals surface area contributed by atoms with Crippen LogP contribution in [0.3, 0.4) is 0 Å². The molecule has 31 heavy (non-hydrogen) atoms. The van der Waals surface area contributed by atoms with Crippen LogP contribution in [-0.2, 0) is 10.0 Å². The molecule has 0 saturated heterocycles. The molecule has 0 radical (unpaired) electrons. The van der Waals surface area contributed by atoms with Crippen LogP contribution < -0.4 is 10.0 Å². The van der Waals surface area contributed by atoms with E-state index in [1.807, 2.05) is 48.5 Å². The van der Waals surface area contributed by atoms with Crippen LogP contribution in [0.15, 0.2) is 48.5 Å². The van der Waals surface area contributed by atoms with E-state index in [0.717, 1.165) is 49.0 Å². The molecule has 0 aromatic heterocycles. The highest BCUT2D eigenvalue weighted by atomic mass is 35.5. The first kappa shape index (κ1) is 23.6. The number of nitrogens with zero attached hydrogens (tertiary/aromatic N) is 1. The smallest absolute Gasteiger partial charge is 0.214 e. The molecule has 0 spiro atoms. The number of nitriles is 1. The minimum Gasteiger partial charge on any atom is -0.385 e. The fourth-order valence-corrected chi connectivity index (χ4v) is 5.22. The Kier molecular flexibility index (Phi) is 7.99. The van der Waals surface area contributed by atoms with Crippen LogP contribution in [0, 0.1) is 17.2 Å². The summed E-state index contributed by atoms with van der Waals surface area (Å²) in [7, 11) is -3.21. The van der Waals surface area contributed by atoms with Crippen LogP contribution >= 0.6 is 11.6 Å². The number of benzene rings is 2. The van der Waals surface area contributed by atoms with E-state index in [1.165, 1.54) is 0 Å². The summed E-state index contributed by atoms with van der Waals surface area (Å²) in [5.74, 6) is 0.0991. The predicted molar refractivity (Wildman–Crippen MR) is 127 cm³/mol. The van der Waals surface area contributed by atoms with E-state index in [9.17, 15) is 13.7 Å². The van der Waals surface area contributed by atoms with Crippen molar-refractivity contribution >= 4 is 27.3 Å². The molecule has 2 aromatic carbocycles. The maximum Gasteiger partial charge on any atom is 0.214 e. The van der Waals surface area contributed by atoms with E-state index in [1.54, 1.807) is 13.8 Å². The van der Waals surface area contributed by atoms with E-state index >= 15 is 0 Å². The second-order valence-electron chi connectivity index (χ2n) is 8.52. The molecule has 2 N–H and O–H groups in total. The van der Waals surface area contributed by atoms with Gasteiger partial charge in [0.15, 0.2) is 0 Å². The Labute approximate surface area is 190 Å². The van der Waals surface area contributed by atoms with Crippen LogP contribution in [-0.4, -0.2) is 26.3 Å². The third-order valence-electron chi connectivity index (χ3n) is 5.97. The van der Waals surface area contributed by atoms with E-state index < -0.39 is 21.2 Å². The molecule has 0 amide bonds. The standard InChI is InChI=1S/C24H30ClN3O2S/c1-17(2)31(29,30)28-20-10-8-18(9-11-20)16-27-21-12-13-22(24(25)14-21)23(15-26)19-6-4-3-5-7-19/h3-7,12-14,17-18,20,23,27-28H,8-11,16H2,1-2H3. The number of nitrogens with one attached hydrogen (secondary N) is 2. The molecule has 1 fully saturated rings. The van der Waals surface area contributed by atoms with Crippen molar-refractivity contribution < 1.29 is 8.42 Å².